The van der Waals surface area contributed by atoms with Crippen molar-refractivity contribution in [1.29, 1.82) is 0 Å². The molecule has 0 atom stereocenters. The first-order valence-electron chi connectivity index (χ1n) is 4.45. The summed E-state index contributed by atoms with van der Waals surface area (Å²) in [5.74, 6) is 2.44. The topological polar surface area (TPSA) is 12.0 Å². The zero-order valence-electron chi connectivity index (χ0n) is 8.55. The van der Waals surface area contributed by atoms with Crippen molar-refractivity contribution in [3.05, 3.63) is 0 Å². The van der Waals surface area contributed by atoms with Gasteiger partial charge >= 0.3 is 0 Å². The molecule has 0 saturated carbocycles. The van der Waals surface area contributed by atoms with Crippen LogP contribution in [0.5, 0.6) is 0 Å². The van der Waals surface area contributed by atoms with Crippen LogP contribution in [0.4, 0.5) is 0 Å². The molecular formula is C8H21NS3. The van der Waals surface area contributed by atoms with Crippen molar-refractivity contribution in [2.24, 2.45) is 0 Å². The smallest absolute Gasteiger partial charge is 0.00167 e. The summed E-state index contributed by atoms with van der Waals surface area (Å²) in [6.45, 7) is 10.7. The summed E-state index contributed by atoms with van der Waals surface area (Å²) in [5.41, 5.74) is 0. The Balaban J connectivity index is 0. The maximum Gasteiger partial charge on any atom is 0.00167 e. The van der Waals surface area contributed by atoms with Gasteiger partial charge in [-0.2, -0.15) is 0 Å². The summed E-state index contributed by atoms with van der Waals surface area (Å²) in [6, 6.07) is 0. The van der Waals surface area contributed by atoms with Crippen molar-refractivity contribution < 1.29 is 0 Å². The fourth-order valence-electron chi connectivity index (χ4n) is 0.380. The van der Waals surface area contributed by atoms with Gasteiger partial charge in [0, 0.05) is 11.5 Å². The zero-order chi connectivity index (χ0) is 9.66. The van der Waals surface area contributed by atoms with Crippen molar-refractivity contribution in [3.63, 3.8) is 0 Å². The van der Waals surface area contributed by atoms with E-state index < -0.39 is 0 Å². The van der Waals surface area contributed by atoms with E-state index >= 15 is 0 Å². The predicted molar refractivity (Wildman–Crippen MR) is 68.1 cm³/mol. The van der Waals surface area contributed by atoms with Crippen LogP contribution < -0.4 is 5.32 Å². The van der Waals surface area contributed by atoms with Crippen molar-refractivity contribution in [3.8, 4) is 0 Å². The van der Waals surface area contributed by atoms with E-state index in [1.807, 2.05) is 31.4 Å². The molecule has 0 rings (SSSR count). The van der Waals surface area contributed by atoms with Gasteiger partial charge in [-0.3, -0.25) is 0 Å². The molecule has 0 radical (unpaired) electrons. The van der Waals surface area contributed by atoms with E-state index in [0.29, 0.717) is 0 Å². The molecule has 0 bridgehead atoms. The summed E-state index contributed by atoms with van der Waals surface area (Å²) in [6.07, 6.45) is 0. The third-order valence-electron chi connectivity index (χ3n) is 0.832. The molecule has 0 spiro atoms. The van der Waals surface area contributed by atoms with E-state index in [2.05, 4.69) is 33.0 Å². The lowest BCUT2D eigenvalue weighted by atomic mass is 10.7. The average molecular weight is 227 g/mol. The number of hydrogen-bond donors (Lipinski definition) is 1. The molecule has 1 nitrogen and oxygen atoms in total. The monoisotopic (exact) mass is 227 g/mol. The van der Waals surface area contributed by atoms with Gasteiger partial charge in [-0.05, 0) is 22.9 Å². The molecule has 0 aromatic heterocycles. The number of hydrogen-bond acceptors (Lipinski definition) is 4. The second-order valence-corrected chi connectivity index (χ2v) is 6.65. The lowest BCUT2D eigenvalue weighted by Crippen LogP contribution is -2.09. The van der Waals surface area contributed by atoms with Crippen LogP contribution in [0.1, 0.15) is 27.7 Å². The number of nitrogens with one attached hydrogen (secondary N) is 1. The normalized spacial score (nSPS) is 9.00. The second-order valence-electron chi connectivity index (χ2n) is 1.84. The molecule has 0 aliphatic rings. The van der Waals surface area contributed by atoms with Crippen LogP contribution in [-0.4, -0.2) is 24.6 Å². The van der Waals surface area contributed by atoms with Crippen LogP contribution in [0.3, 0.4) is 0 Å². The molecule has 1 N–H and O–H groups in total. The first-order valence-corrected chi connectivity index (χ1v) is 8.27. The molecule has 0 amide bonds. The highest BCUT2D eigenvalue weighted by atomic mass is 33.5. The first-order chi connectivity index (χ1) is 5.83. The third-order valence-corrected chi connectivity index (χ3v) is 5.22. The van der Waals surface area contributed by atoms with Gasteiger partial charge in [-0.25, -0.2) is 0 Å². The van der Waals surface area contributed by atoms with Crippen molar-refractivity contribution in [2.45, 2.75) is 27.7 Å². The summed E-state index contributed by atoms with van der Waals surface area (Å²) in [5, 5.41) is 3.11. The van der Waals surface area contributed by atoms with Crippen LogP contribution in [0.15, 0.2) is 0 Å². The SMILES string of the molecule is CCNCC.CCSSSCC. The minimum absolute atomic E-state index is 1.09. The number of rotatable bonds is 6. The third kappa shape index (κ3) is 22.5. The Morgan fingerprint density at radius 1 is 0.833 bits per heavy atom. The summed E-state index contributed by atoms with van der Waals surface area (Å²) < 4.78 is 0. The van der Waals surface area contributed by atoms with Gasteiger partial charge < -0.3 is 5.32 Å². The molecule has 0 saturated heterocycles. The Labute approximate surface area is 89.0 Å². The first kappa shape index (κ1) is 15.5. The lowest BCUT2D eigenvalue weighted by Gasteiger charge is -1.89. The van der Waals surface area contributed by atoms with Gasteiger partial charge in [-0.15, -0.1) is 0 Å². The Kier molecular flexibility index (Phi) is 23.1. The van der Waals surface area contributed by atoms with Crippen molar-refractivity contribution in [2.75, 3.05) is 24.6 Å². The lowest BCUT2D eigenvalue weighted by molar-refractivity contribution is 0.762. The molecular weight excluding hydrogens is 206 g/mol. The van der Waals surface area contributed by atoms with Crippen LogP contribution in [0, 0.1) is 0 Å². The van der Waals surface area contributed by atoms with Gasteiger partial charge in [0.05, 0.1) is 0 Å². The van der Waals surface area contributed by atoms with Gasteiger partial charge in [0.15, 0.2) is 0 Å². The molecule has 0 aromatic carbocycles. The van der Waals surface area contributed by atoms with Gasteiger partial charge in [-0.1, -0.05) is 49.3 Å². The highest BCUT2D eigenvalue weighted by Crippen LogP contribution is 2.33. The molecule has 0 aliphatic carbocycles. The largest absolute Gasteiger partial charge is 0.317 e. The van der Waals surface area contributed by atoms with E-state index in [4.69, 9.17) is 0 Å². The fraction of sp³-hybridized carbons (Fsp3) is 1.00. The Morgan fingerprint density at radius 3 is 1.42 bits per heavy atom. The minimum atomic E-state index is 1.09. The van der Waals surface area contributed by atoms with Crippen LogP contribution >= 0.6 is 31.4 Å². The van der Waals surface area contributed by atoms with E-state index in [1.54, 1.807) is 0 Å². The van der Waals surface area contributed by atoms with Crippen LogP contribution in [-0.2, 0) is 0 Å². The molecule has 0 unspecified atom stereocenters. The molecule has 0 heterocycles. The van der Waals surface area contributed by atoms with E-state index in [-0.39, 0.29) is 0 Å². The molecule has 0 aliphatic heterocycles. The van der Waals surface area contributed by atoms with E-state index in [1.165, 1.54) is 11.5 Å². The maximum absolute atomic E-state index is 3.11. The molecule has 12 heavy (non-hydrogen) atoms. The van der Waals surface area contributed by atoms with E-state index in [0.717, 1.165) is 13.1 Å². The van der Waals surface area contributed by atoms with E-state index in [9.17, 15) is 0 Å². The summed E-state index contributed by atoms with van der Waals surface area (Å²) in [7, 11) is 5.71. The van der Waals surface area contributed by atoms with Gasteiger partial charge in [0.2, 0.25) is 0 Å². The Hall–Kier alpha value is 1.01. The molecule has 76 valence electrons. The Morgan fingerprint density at radius 2 is 1.25 bits per heavy atom. The summed E-state index contributed by atoms with van der Waals surface area (Å²) in [4.78, 5) is 0. The van der Waals surface area contributed by atoms with Crippen molar-refractivity contribution in [1.82, 2.24) is 5.32 Å². The second kappa shape index (κ2) is 17.9. The zero-order valence-corrected chi connectivity index (χ0v) is 11.0. The van der Waals surface area contributed by atoms with Crippen molar-refractivity contribution >= 4 is 31.4 Å². The van der Waals surface area contributed by atoms with Gasteiger partial charge in [0.25, 0.3) is 0 Å². The quantitative estimate of drug-likeness (QED) is 0.548. The van der Waals surface area contributed by atoms with Crippen LogP contribution in [0.2, 0.25) is 0 Å². The highest BCUT2D eigenvalue weighted by molar-refractivity contribution is 9.09. The average Bonchev–Trinajstić information content (AvgIpc) is 2.08. The maximum atomic E-state index is 3.11. The van der Waals surface area contributed by atoms with Crippen LogP contribution in [0.25, 0.3) is 0 Å². The van der Waals surface area contributed by atoms with Gasteiger partial charge in [0.1, 0.15) is 0 Å². The molecule has 0 aromatic rings. The highest BCUT2D eigenvalue weighted by Gasteiger charge is 1.81. The molecule has 0 fully saturated rings. The Bertz CT molecular complexity index is 56.3. The molecule has 4 heteroatoms. The standard InChI is InChI=1S/C4H11N.C4H10S3/c1-3-5-4-2;1-3-5-7-6-4-2/h5H,3-4H2,1-2H3;3-4H2,1-2H3. The predicted octanol–water partition coefficient (Wildman–Crippen LogP) is 3.67. The summed E-state index contributed by atoms with van der Waals surface area (Å²) >= 11 is 0. The minimum Gasteiger partial charge on any atom is -0.317 e. The fourth-order valence-corrected chi connectivity index (χ4v) is 3.77.